The van der Waals surface area contributed by atoms with Crippen LogP contribution >= 0.6 is 0 Å². The van der Waals surface area contributed by atoms with E-state index in [2.05, 4.69) is 40.4 Å². The van der Waals surface area contributed by atoms with Gasteiger partial charge < -0.3 is 9.67 Å². The zero-order valence-corrected chi connectivity index (χ0v) is 10.9. The highest BCUT2D eigenvalue weighted by molar-refractivity contribution is 4.90. The smallest absolute Gasteiger partial charge is 0.147 e. The Labute approximate surface area is 102 Å². The molecule has 0 radical (unpaired) electrons. The third kappa shape index (κ3) is 3.04. The van der Waals surface area contributed by atoms with E-state index in [1.54, 1.807) is 6.33 Å². The van der Waals surface area contributed by atoms with E-state index in [-0.39, 0.29) is 11.5 Å². The third-order valence-corrected chi connectivity index (χ3v) is 3.44. The largest absolute Gasteiger partial charge is 0.393 e. The van der Waals surface area contributed by atoms with E-state index in [1.807, 2.05) is 0 Å². The Morgan fingerprint density at radius 3 is 2.88 bits per heavy atom. The van der Waals surface area contributed by atoms with Crippen molar-refractivity contribution in [1.29, 1.82) is 0 Å². The molecular formula is C12H22N4O. The molecule has 17 heavy (non-hydrogen) atoms. The molecule has 1 aromatic heterocycles. The van der Waals surface area contributed by atoms with Crippen molar-refractivity contribution in [1.82, 2.24) is 19.7 Å². The van der Waals surface area contributed by atoms with Crippen molar-refractivity contribution in [2.24, 2.45) is 5.41 Å². The third-order valence-electron chi connectivity index (χ3n) is 3.44. The number of aliphatic hydroxyl groups is 1. The van der Waals surface area contributed by atoms with Crippen molar-refractivity contribution in [2.45, 2.75) is 46.4 Å². The lowest BCUT2D eigenvalue weighted by Gasteiger charge is -2.31. The van der Waals surface area contributed by atoms with Gasteiger partial charge in [-0.3, -0.25) is 4.90 Å². The highest BCUT2D eigenvalue weighted by atomic mass is 16.3. The number of hydrogen-bond acceptors (Lipinski definition) is 4. The van der Waals surface area contributed by atoms with Crippen molar-refractivity contribution < 1.29 is 5.11 Å². The Balaban J connectivity index is 1.83. The predicted molar refractivity (Wildman–Crippen MR) is 65.4 cm³/mol. The first kappa shape index (κ1) is 12.5. The zero-order chi connectivity index (χ0) is 12.5. The van der Waals surface area contributed by atoms with Crippen LogP contribution in [-0.2, 0) is 13.1 Å². The second kappa shape index (κ2) is 4.74. The quantitative estimate of drug-likeness (QED) is 0.849. The molecule has 1 aliphatic heterocycles. The van der Waals surface area contributed by atoms with Crippen LogP contribution in [0.25, 0.3) is 0 Å². The fourth-order valence-electron chi connectivity index (χ4n) is 2.05. The minimum Gasteiger partial charge on any atom is -0.393 e. The van der Waals surface area contributed by atoms with Crippen molar-refractivity contribution in [3.8, 4) is 0 Å². The summed E-state index contributed by atoms with van der Waals surface area (Å²) < 4.78 is 2.09. The molecular weight excluding hydrogens is 216 g/mol. The number of aliphatic hydroxyl groups excluding tert-OH is 1. The van der Waals surface area contributed by atoms with Crippen LogP contribution < -0.4 is 0 Å². The first-order valence-electron chi connectivity index (χ1n) is 6.24. The minimum absolute atomic E-state index is 0.0319. The van der Waals surface area contributed by atoms with Gasteiger partial charge in [-0.1, -0.05) is 20.8 Å². The number of fused-ring (bicyclic) bond motifs is 1. The Morgan fingerprint density at radius 2 is 2.18 bits per heavy atom. The molecule has 0 spiro atoms. The molecule has 1 atom stereocenters. The molecule has 0 bridgehead atoms. The fraction of sp³-hybridized carbons (Fsp3) is 0.833. The van der Waals surface area contributed by atoms with Crippen LogP contribution in [0.2, 0.25) is 0 Å². The summed E-state index contributed by atoms with van der Waals surface area (Å²) in [5.74, 6) is 1.03. The second-order valence-electron chi connectivity index (χ2n) is 5.89. The van der Waals surface area contributed by atoms with Crippen LogP contribution in [0.4, 0.5) is 0 Å². The summed E-state index contributed by atoms with van der Waals surface area (Å²) in [6.07, 6.45) is 2.36. The van der Waals surface area contributed by atoms with Crippen molar-refractivity contribution >= 4 is 0 Å². The highest BCUT2D eigenvalue weighted by Crippen LogP contribution is 2.22. The highest BCUT2D eigenvalue weighted by Gasteiger charge is 2.24. The predicted octanol–water partition coefficient (Wildman–Crippen LogP) is 0.891. The van der Waals surface area contributed by atoms with E-state index in [0.29, 0.717) is 0 Å². The molecule has 1 aliphatic rings. The molecule has 0 aromatic carbocycles. The summed E-state index contributed by atoms with van der Waals surface area (Å²) in [4.78, 5) is 2.33. The SMILES string of the molecule is CC(C)(C)C(O)CCN1CCn2cnnc2C1. The lowest BCUT2D eigenvalue weighted by Crippen LogP contribution is -2.37. The van der Waals surface area contributed by atoms with Gasteiger partial charge in [0.05, 0.1) is 12.6 Å². The molecule has 0 amide bonds. The van der Waals surface area contributed by atoms with E-state index in [9.17, 15) is 5.11 Å². The van der Waals surface area contributed by atoms with Crippen LogP contribution in [0.3, 0.4) is 0 Å². The van der Waals surface area contributed by atoms with Gasteiger partial charge in [-0.2, -0.15) is 0 Å². The summed E-state index contributed by atoms with van der Waals surface area (Å²) in [6.45, 7) is 9.96. The molecule has 5 nitrogen and oxygen atoms in total. The Bertz CT molecular complexity index is 369. The Morgan fingerprint density at radius 1 is 1.41 bits per heavy atom. The molecule has 0 saturated carbocycles. The fourth-order valence-corrected chi connectivity index (χ4v) is 2.05. The van der Waals surface area contributed by atoms with Crippen molar-refractivity contribution in [3.05, 3.63) is 12.2 Å². The van der Waals surface area contributed by atoms with Crippen molar-refractivity contribution in [2.75, 3.05) is 13.1 Å². The maximum Gasteiger partial charge on any atom is 0.147 e. The number of nitrogens with zero attached hydrogens (tertiary/aromatic N) is 4. The summed E-state index contributed by atoms with van der Waals surface area (Å²) in [7, 11) is 0. The maximum absolute atomic E-state index is 10.0. The van der Waals surface area contributed by atoms with E-state index in [0.717, 1.165) is 38.4 Å². The summed E-state index contributed by atoms with van der Waals surface area (Å²) >= 11 is 0. The van der Waals surface area contributed by atoms with Gasteiger partial charge in [0.1, 0.15) is 12.2 Å². The molecule has 96 valence electrons. The molecule has 5 heteroatoms. The van der Waals surface area contributed by atoms with Gasteiger partial charge in [-0.15, -0.1) is 10.2 Å². The normalized spacial score (nSPS) is 19.1. The molecule has 2 heterocycles. The first-order chi connectivity index (χ1) is 7.97. The zero-order valence-electron chi connectivity index (χ0n) is 10.9. The molecule has 0 saturated heterocycles. The topological polar surface area (TPSA) is 54.2 Å². The monoisotopic (exact) mass is 238 g/mol. The Hall–Kier alpha value is -0.940. The number of aromatic nitrogens is 3. The van der Waals surface area contributed by atoms with Crippen molar-refractivity contribution in [3.63, 3.8) is 0 Å². The standard InChI is InChI=1S/C12H22N4O/c1-12(2,3)10(17)4-5-15-6-7-16-9-13-14-11(16)8-15/h9-10,17H,4-8H2,1-3H3. The average Bonchev–Trinajstić information content (AvgIpc) is 2.71. The van der Waals surface area contributed by atoms with E-state index in [1.165, 1.54) is 0 Å². The van der Waals surface area contributed by atoms with Gasteiger partial charge in [0.2, 0.25) is 0 Å². The van der Waals surface area contributed by atoms with Gasteiger partial charge in [0.25, 0.3) is 0 Å². The van der Waals surface area contributed by atoms with Gasteiger partial charge in [0, 0.05) is 19.6 Å². The van der Waals surface area contributed by atoms with E-state index < -0.39 is 0 Å². The molecule has 1 aromatic rings. The first-order valence-corrected chi connectivity index (χ1v) is 6.24. The van der Waals surface area contributed by atoms with Crippen LogP contribution in [0, 0.1) is 5.41 Å². The molecule has 2 rings (SSSR count). The lowest BCUT2D eigenvalue weighted by molar-refractivity contribution is 0.0425. The minimum atomic E-state index is -0.248. The second-order valence-corrected chi connectivity index (χ2v) is 5.89. The molecule has 0 fully saturated rings. The van der Waals surface area contributed by atoms with Crippen LogP contribution in [-0.4, -0.2) is 44.0 Å². The van der Waals surface area contributed by atoms with E-state index in [4.69, 9.17) is 0 Å². The van der Waals surface area contributed by atoms with Crippen LogP contribution in [0.15, 0.2) is 6.33 Å². The van der Waals surface area contributed by atoms with Crippen LogP contribution in [0.1, 0.15) is 33.0 Å². The van der Waals surface area contributed by atoms with Crippen LogP contribution in [0.5, 0.6) is 0 Å². The van der Waals surface area contributed by atoms with Gasteiger partial charge in [-0.25, -0.2) is 0 Å². The van der Waals surface area contributed by atoms with Gasteiger partial charge >= 0.3 is 0 Å². The molecule has 0 aliphatic carbocycles. The summed E-state index contributed by atoms with van der Waals surface area (Å²) in [6, 6.07) is 0. The number of rotatable bonds is 3. The maximum atomic E-state index is 10.0. The summed E-state index contributed by atoms with van der Waals surface area (Å²) in [5.41, 5.74) is -0.0319. The average molecular weight is 238 g/mol. The van der Waals surface area contributed by atoms with Gasteiger partial charge in [-0.05, 0) is 11.8 Å². The molecule has 1 unspecified atom stereocenters. The van der Waals surface area contributed by atoms with Gasteiger partial charge in [0.15, 0.2) is 0 Å². The Kier molecular flexibility index (Phi) is 3.49. The number of hydrogen-bond donors (Lipinski definition) is 1. The summed E-state index contributed by atoms with van der Waals surface area (Å²) in [5, 5.41) is 18.0. The van der Waals surface area contributed by atoms with E-state index >= 15 is 0 Å². The lowest BCUT2D eigenvalue weighted by atomic mass is 9.87. The molecule has 1 N–H and O–H groups in total.